The Kier molecular flexibility index (Phi) is 5.35. The Morgan fingerprint density at radius 2 is 2.08 bits per heavy atom. The number of methoxy groups -OCH3 is 1. The van der Waals surface area contributed by atoms with E-state index in [-0.39, 0.29) is 0 Å². The summed E-state index contributed by atoms with van der Waals surface area (Å²) in [6.45, 7) is 3.13. The Morgan fingerprint density at radius 3 is 2.81 bits per heavy atom. The minimum absolute atomic E-state index is 0.430. The minimum atomic E-state index is -1.000. The van der Waals surface area contributed by atoms with E-state index >= 15 is 0 Å². The second-order valence-corrected chi connectivity index (χ2v) is 5.81. The normalized spacial score (nSPS) is 11.0. The van der Waals surface area contributed by atoms with Crippen molar-refractivity contribution in [3.8, 4) is 5.75 Å². The van der Waals surface area contributed by atoms with Crippen molar-refractivity contribution >= 4 is 28.6 Å². The molecule has 3 N–H and O–H groups in total. The maximum absolute atomic E-state index is 10.4. The Hall–Kier alpha value is -3.10. The summed E-state index contributed by atoms with van der Waals surface area (Å²) in [5.41, 5.74) is 2.41. The second kappa shape index (κ2) is 7.85. The average Bonchev–Trinajstić information content (AvgIpc) is 3.08. The molecule has 0 atom stereocenters. The summed E-state index contributed by atoms with van der Waals surface area (Å²) in [6, 6.07) is 5.74. The number of rotatable bonds is 8. The zero-order chi connectivity index (χ0) is 18.5. The number of hydrogen-bond acceptors (Lipinski definition) is 6. The summed E-state index contributed by atoms with van der Waals surface area (Å²) in [5, 5.41) is 22.8. The summed E-state index contributed by atoms with van der Waals surface area (Å²) < 4.78 is 7.31. The summed E-state index contributed by atoms with van der Waals surface area (Å²) >= 11 is 0. The van der Waals surface area contributed by atoms with Crippen molar-refractivity contribution in [1.29, 1.82) is 0 Å². The van der Waals surface area contributed by atoms with Gasteiger partial charge in [-0.05, 0) is 25.0 Å². The van der Waals surface area contributed by atoms with Crippen molar-refractivity contribution in [2.24, 2.45) is 0 Å². The van der Waals surface area contributed by atoms with Crippen LogP contribution in [0.5, 0.6) is 5.75 Å². The van der Waals surface area contributed by atoms with Crippen LogP contribution in [0.1, 0.15) is 25.6 Å². The molecule has 0 saturated carbocycles. The first kappa shape index (κ1) is 17.7. The van der Waals surface area contributed by atoms with Gasteiger partial charge in [0.1, 0.15) is 11.6 Å². The zero-order valence-corrected chi connectivity index (χ0v) is 14.8. The minimum Gasteiger partial charge on any atom is -0.497 e. The lowest BCUT2D eigenvalue weighted by Crippen LogP contribution is -2.22. The summed E-state index contributed by atoms with van der Waals surface area (Å²) in [7, 11) is 1.63. The molecule has 1 amide bonds. The molecular formula is C17H22N6O3. The van der Waals surface area contributed by atoms with Crippen LogP contribution in [0.4, 0.5) is 10.6 Å². The molecule has 1 aromatic carbocycles. The highest BCUT2D eigenvalue weighted by Crippen LogP contribution is 2.25. The first-order valence-electron chi connectivity index (χ1n) is 8.56. The number of carboxylic acid groups (broad SMARTS) is 1. The maximum Gasteiger partial charge on any atom is 0.404 e. The van der Waals surface area contributed by atoms with E-state index in [1.165, 1.54) is 0 Å². The number of nitrogens with zero attached hydrogens (tertiary/aromatic N) is 4. The third-order valence-corrected chi connectivity index (χ3v) is 4.09. The van der Waals surface area contributed by atoms with Crippen molar-refractivity contribution < 1.29 is 14.6 Å². The van der Waals surface area contributed by atoms with E-state index in [2.05, 4.69) is 25.8 Å². The summed E-state index contributed by atoms with van der Waals surface area (Å²) in [5.74, 6) is 2.26. The van der Waals surface area contributed by atoms with Gasteiger partial charge in [-0.15, -0.1) is 10.2 Å². The third-order valence-electron chi connectivity index (χ3n) is 4.09. The van der Waals surface area contributed by atoms with E-state index in [0.717, 1.165) is 41.9 Å². The molecule has 138 valence electrons. The fourth-order valence-electron chi connectivity index (χ4n) is 2.80. The van der Waals surface area contributed by atoms with Gasteiger partial charge in [-0.1, -0.05) is 6.92 Å². The van der Waals surface area contributed by atoms with Crippen LogP contribution in [0.25, 0.3) is 16.7 Å². The van der Waals surface area contributed by atoms with Gasteiger partial charge in [-0.25, -0.2) is 9.78 Å². The number of hydrogen-bond donors (Lipinski definition) is 3. The maximum atomic E-state index is 10.4. The van der Waals surface area contributed by atoms with Crippen molar-refractivity contribution in [1.82, 2.24) is 24.9 Å². The zero-order valence-electron chi connectivity index (χ0n) is 14.8. The predicted molar refractivity (Wildman–Crippen MR) is 98.0 cm³/mol. The van der Waals surface area contributed by atoms with E-state index < -0.39 is 6.09 Å². The molecule has 9 nitrogen and oxygen atoms in total. The van der Waals surface area contributed by atoms with E-state index in [0.29, 0.717) is 24.6 Å². The molecule has 0 aliphatic rings. The van der Waals surface area contributed by atoms with Crippen molar-refractivity contribution in [3.05, 3.63) is 24.0 Å². The fourth-order valence-corrected chi connectivity index (χ4v) is 2.80. The number of fused-ring (bicyclic) bond motifs is 3. The third kappa shape index (κ3) is 3.61. The van der Waals surface area contributed by atoms with Crippen molar-refractivity contribution in [3.63, 3.8) is 0 Å². The van der Waals surface area contributed by atoms with Gasteiger partial charge in [-0.2, -0.15) is 0 Å². The Morgan fingerprint density at radius 1 is 1.27 bits per heavy atom. The number of unbranched alkanes of at least 4 members (excludes halogenated alkanes) is 1. The van der Waals surface area contributed by atoms with Crippen molar-refractivity contribution in [2.45, 2.75) is 26.2 Å². The molecule has 2 heterocycles. The van der Waals surface area contributed by atoms with Gasteiger partial charge in [0.2, 0.25) is 5.65 Å². The molecule has 3 aromatic rings. The molecule has 0 spiro atoms. The van der Waals surface area contributed by atoms with E-state index in [1.54, 1.807) is 7.11 Å². The van der Waals surface area contributed by atoms with Crippen LogP contribution in [0.15, 0.2) is 18.2 Å². The number of ether oxygens (including phenoxy) is 1. The molecule has 0 bridgehead atoms. The molecule has 0 unspecified atom stereocenters. The van der Waals surface area contributed by atoms with Crippen LogP contribution in [0.2, 0.25) is 0 Å². The number of carbonyl (C=O) groups is 1. The lowest BCUT2D eigenvalue weighted by atomic mass is 10.2. The van der Waals surface area contributed by atoms with Gasteiger partial charge in [0.05, 0.1) is 18.1 Å². The lowest BCUT2D eigenvalue weighted by molar-refractivity contribution is 0.194. The highest BCUT2D eigenvalue weighted by Gasteiger charge is 2.14. The molecule has 0 aliphatic carbocycles. The first-order valence-corrected chi connectivity index (χ1v) is 8.56. The molecule has 26 heavy (non-hydrogen) atoms. The number of anilines is 1. The van der Waals surface area contributed by atoms with E-state index in [1.807, 2.05) is 29.5 Å². The van der Waals surface area contributed by atoms with E-state index in [9.17, 15) is 4.79 Å². The monoisotopic (exact) mass is 358 g/mol. The van der Waals surface area contributed by atoms with Crippen LogP contribution < -0.4 is 15.4 Å². The number of benzene rings is 1. The van der Waals surface area contributed by atoms with E-state index in [4.69, 9.17) is 9.84 Å². The van der Waals surface area contributed by atoms with Gasteiger partial charge >= 0.3 is 6.09 Å². The molecular weight excluding hydrogens is 336 g/mol. The Balaban J connectivity index is 1.86. The van der Waals surface area contributed by atoms with Gasteiger partial charge in [0.15, 0.2) is 5.82 Å². The molecule has 0 fully saturated rings. The lowest BCUT2D eigenvalue weighted by Gasteiger charge is -2.11. The molecule has 0 saturated heterocycles. The van der Waals surface area contributed by atoms with Crippen LogP contribution in [-0.2, 0) is 6.42 Å². The van der Waals surface area contributed by atoms with Crippen LogP contribution >= 0.6 is 0 Å². The summed E-state index contributed by atoms with van der Waals surface area (Å²) in [4.78, 5) is 15.1. The highest BCUT2D eigenvalue weighted by atomic mass is 16.5. The van der Waals surface area contributed by atoms with Gasteiger partial charge in [0.25, 0.3) is 0 Å². The predicted octanol–water partition coefficient (Wildman–Crippen LogP) is 2.31. The van der Waals surface area contributed by atoms with Gasteiger partial charge in [0, 0.05) is 25.6 Å². The van der Waals surface area contributed by atoms with Crippen molar-refractivity contribution in [2.75, 3.05) is 25.5 Å². The Bertz CT molecular complexity index is 924. The molecule has 0 aliphatic heterocycles. The number of amides is 1. The topological polar surface area (TPSA) is 114 Å². The SMILES string of the molecule is CCc1nnc2c(NCCCCNC(=O)O)nc3cc(OC)ccc3n12. The molecule has 9 heteroatoms. The second-order valence-electron chi connectivity index (χ2n) is 5.81. The van der Waals surface area contributed by atoms with Crippen LogP contribution in [0, 0.1) is 0 Å². The first-order chi connectivity index (χ1) is 12.6. The van der Waals surface area contributed by atoms with Crippen LogP contribution in [0.3, 0.4) is 0 Å². The molecule has 3 rings (SSSR count). The smallest absolute Gasteiger partial charge is 0.404 e. The standard InChI is InChI=1S/C17H22N6O3/c1-3-14-21-22-16-15(18-8-4-5-9-19-17(24)25)20-12-10-11(26-2)6-7-13(12)23(14)16/h6-7,10,19H,3-5,8-9H2,1-2H3,(H,18,20)(H,24,25). The average molecular weight is 358 g/mol. The Labute approximate surface area is 150 Å². The fraction of sp³-hybridized carbons (Fsp3) is 0.412. The highest BCUT2D eigenvalue weighted by molar-refractivity contribution is 5.84. The molecule has 0 radical (unpaired) electrons. The number of aromatic nitrogens is 4. The number of nitrogens with one attached hydrogen (secondary N) is 2. The quantitative estimate of drug-likeness (QED) is 0.529. The summed E-state index contributed by atoms with van der Waals surface area (Å²) in [6.07, 6.45) is 1.30. The molecule has 2 aromatic heterocycles. The number of aryl methyl sites for hydroxylation is 1. The van der Waals surface area contributed by atoms with Gasteiger partial charge in [-0.3, -0.25) is 4.40 Å². The largest absolute Gasteiger partial charge is 0.497 e. The van der Waals surface area contributed by atoms with Crippen LogP contribution in [-0.4, -0.2) is 51.0 Å². The van der Waals surface area contributed by atoms with Gasteiger partial charge < -0.3 is 20.5 Å².